The van der Waals surface area contributed by atoms with Gasteiger partial charge in [0.1, 0.15) is 22.9 Å². The van der Waals surface area contributed by atoms with Gasteiger partial charge < -0.3 is 9.80 Å². The van der Waals surface area contributed by atoms with Crippen molar-refractivity contribution in [1.29, 1.82) is 0 Å². The molecular weight excluding hydrogens is 712 g/mol. The molecule has 4 aliphatic rings. The monoisotopic (exact) mass is 748 g/mol. The highest BCUT2D eigenvalue weighted by Gasteiger charge is 2.39. The number of halogens is 1. The SMILES string of the molecule is Cc1sc2c(c1C)C(c1ccc(Cl)cc1)=N[C@@H](CC(=O)N1CCN(CC#Cc3ccc4c(c3)CN(C3CCC(=O)NC3=O)C4=O)CC1)c1nnc(C)n1-2. The Morgan fingerprint density at radius 3 is 2.55 bits per heavy atom. The lowest BCUT2D eigenvalue weighted by molar-refractivity contribution is -0.137. The highest BCUT2D eigenvalue weighted by Crippen LogP contribution is 2.40. The number of hydrogen-bond donors (Lipinski definition) is 1. The number of aryl methyl sites for hydroxylation is 2. The zero-order valence-electron chi connectivity index (χ0n) is 29.6. The van der Waals surface area contributed by atoms with Gasteiger partial charge in [0.05, 0.1) is 18.7 Å². The van der Waals surface area contributed by atoms with Crippen molar-refractivity contribution in [2.24, 2.45) is 4.99 Å². The molecule has 2 saturated heterocycles. The summed E-state index contributed by atoms with van der Waals surface area (Å²) in [7, 11) is 0. The number of benzene rings is 2. The van der Waals surface area contributed by atoms with Gasteiger partial charge in [-0.1, -0.05) is 35.6 Å². The largest absolute Gasteiger partial charge is 0.340 e. The van der Waals surface area contributed by atoms with E-state index in [-0.39, 0.29) is 30.6 Å². The normalized spacial score (nSPS) is 19.8. The summed E-state index contributed by atoms with van der Waals surface area (Å²) in [6, 6.07) is 12.0. The molecule has 270 valence electrons. The average molecular weight is 749 g/mol. The van der Waals surface area contributed by atoms with Gasteiger partial charge in [0, 0.05) is 71.3 Å². The second kappa shape index (κ2) is 14.0. The zero-order valence-corrected chi connectivity index (χ0v) is 31.2. The lowest BCUT2D eigenvalue weighted by Gasteiger charge is -2.34. The van der Waals surface area contributed by atoms with E-state index in [0.717, 1.165) is 44.4 Å². The average Bonchev–Trinajstić information content (AvgIpc) is 3.75. The van der Waals surface area contributed by atoms with Crippen molar-refractivity contribution in [3.8, 4) is 16.8 Å². The highest BCUT2D eigenvalue weighted by atomic mass is 35.5. The van der Waals surface area contributed by atoms with Crippen LogP contribution in [-0.2, 0) is 20.9 Å². The third-order valence-corrected chi connectivity index (χ3v) is 12.0. The summed E-state index contributed by atoms with van der Waals surface area (Å²) in [6.07, 6.45) is 0.716. The third-order valence-electron chi connectivity index (χ3n) is 10.5. The maximum Gasteiger partial charge on any atom is 0.255 e. The van der Waals surface area contributed by atoms with E-state index in [0.29, 0.717) is 62.1 Å². The molecule has 4 aromatic rings. The number of rotatable bonds is 5. The minimum Gasteiger partial charge on any atom is -0.340 e. The number of nitrogens with zero attached hydrogens (tertiary/aromatic N) is 7. The molecule has 6 heterocycles. The molecule has 53 heavy (non-hydrogen) atoms. The Morgan fingerprint density at radius 2 is 1.79 bits per heavy atom. The van der Waals surface area contributed by atoms with E-state index in [1.807, 2.05) is 48.2 Å². The Bertz CT molecular complexity index is 2280. The first-order valence-electron chi connectivity index (χ1n) is 17.7. The maximum atomic E-state index is 13.9. The molecule has 1 unspecified atom stereocenters. The van der Waals surface area contributed by atoms with Crippen LogP contribution in [0.1, 0.15) is 80.0 Å². The first-order chi connectivity index (χ1) is 25.5. The molecule has 0 aliphatic carbocycles. The molecule has 0 saturated carbocycles. The first kappa shape index (κ1) is 34.9. The van der Waals surface area contributed by atoms with E-state index in [9.17, 15) is 19.2 Å². The van der Waals surface area contributed by atoms with Crippen molar-refractivity contribution < 1.29 is 19.2 Å². The lowest BCUT2D eigenvalue weighted by Crippen LogP contribution is -2.52. The van der Waals surface area contributed by atoms with Crippen LogP contribution in [-0.4, -0.2) is 97.6 Å². The highest BCUT2D eigenvalue weighted by molar-refractivity contribution is 7.15. The van der Waals surface area contributed by atoms with E-state index in [2.05, 4.69) is 50.7 Å². The molecule has 2 aromatic carbocycles. The predicted molar refractivity (Wildman–Crippen MR) is 200 cm³/mol. The van der Waals surface area contributed by atoms with Crippen molar-refractivity contribution in [2.75, 3.05) is 32.7 Å². The Labute approximate surface area is 315 Å². The smallest absolute Gasteiger partial charge is 0.255 e. The molecule has 8 rings (SSSR count). The summed E-state index contributed by atoms with van der Waals surface area (Å²) in [5, 5.41) is 13.0. The molecule has 0 bridgehead atoms. The van der Waals surface area contributed by atoms with Crippen LogP contribution in [0, 0.1) is 32.6 Å². The van der Waals surface area contributed by atoms with Crippen LogP contribution < -0.4 is 5.32 Å². The van der Waals surface area contributed by atoms with Gasteiger partial charge in [0.25, 0.3) is 5.91 Å². The molecule has 2 atom stereocenters. The van der Waals surface area contributed by atoms with Crippen LogP contribution >= 0.6 is 22.9 Å². The van der Waals surface area contributed by atoms with Gasteiger partial charge in [0.2, 0.25) is 17.7 Å². The van der Waals surface area contributed by atoms with Crippen molar-refractivity contribution in [3.63, 3.8) is 0 Å². The Balaban J connectivity index is 0.921. The molecule has 2 aromatic heterocycles. The van der Waals surface area contributed by atoms with Crippen LogP contribution in [0.5, 0.6) is 0 Å². The number of aromatic nitrogens is 3. The van der Waals surface area contributed by atoms with E-state index in [1.165, 1.54) is 4.88 Å². The van der Waals surface area contributed by atoms with E-state index in [1.54, 1.807) is 22.3 Å². The van der Waals surface area contributed by atoms with Gasteiger partial charge >= 0.3 is 0 Å². The summed E-state index contributed by atoms with van der Waals surface area (Å²) < 4.78 is 2.06. The van der Waals surface area contributed by atoms with Crippen LogP contribution in [0.2, 0.25) is 5.02 Å². The van der Waals surface area contributed by atoms with E-state index < -0.39 is 18.0 Å². The standard InChI is InChI=1S/C39H37ClN8O4S/c1-22-23(2)53-39-34(22)35(26-7-9-28(40)10-8-26)41-30(36-44-43-24(3)48(36)39)20-33(50)46-17-15-45(16-18-46)14-4-5-25-6-11-29-27(19-25)21-47(38(29)52)31-12-13-32(49)42-37(31)51/h6-11,19,30-31H,12-18,20-21H2,1-3H3,(H,42,49,51)/t30-,31?/m0/s1. The topological polar surface area (TPSA) is 133 Å². The molecule has 4 amide bonds. The number of piperazine rings is 1. The van der Waals surface area contributed by atoms with Gasteiger partial charge in [-0.05, 0) is 68.7 Å². The Morgan fingerprint density at radius 1 is 1.02 bits per heavy atom. The number of aliphatic imine (C=N–C) groups is 1. The molecule has 0 spiro atoms. The number of piperidine rings is 1. The molecular formula is C39H37ClN8O4S. The van der Waals surface area contributed by atoms with Gasteiger partial charge in [0.15, 0.2) is 5.82 Å². The van der Waals surface area contributed by atoms with Crippen LogP contribution in [0.15, 0.2) is 47.5 Å². The number of imide groups is 1. The summed E-state index contributed by atoms with van der Waals surface area (Å²) in [4.78, 5) is 63.0. The summed E-state index contributed by atoms with van der Waals surface area (Å²) in [5.41, 5.74) is 6.12. The molecule has 14 heteroatoms. The van der Waals surface area contributed by atoms with Crippen LogP contribution in [0.3, 0.4) is 0 Å². The summed E-state index contributed by atoms with van der Waals surface area (Å²) >= 11 is 7.93. The second-order valence-electron chi connectivity index (χ2n) is 13.8. The number of thiophene rings is 1. The molecule has 1 N–H and O–H groups in total. The van der Waals surface area contributed by atoms with Gasteiger partial charge in [-0.2, -0.15) is 0 Å². The fraction of sp³-hybridized carbons (Fsp3) is 0.359. The quantitative estimate of drug-likeness (QED) is 0.240. The number of amides is 4. The van der Waals surface area contributed by atoms with Gasteiger partial charge in [-0.25, -0.2) is 0 Å². The van der Waals surface area contributed by atoms with Crippen molar-refractivity contribution in [1.82, 2.24) is 34.8 Å². The minimum absolute atomic E-state index is 0.0179. The molecule has 12 nitrogen and oxygen atoms in total. The van der Waals surface area contributed by atoms with Crippen molar-refractivity contribution in [2.45, 2.75) is 58.7 Å². The molecule has 4 aliphatic heterocycles. The van der Waals surface area contributed by atoms with Crippen molar-refractivity contribution in [3.05, 3.63) is 97.4 Å². The van der Waals surface area contributed by atoms with E-state index in [4.69, 9.17) is 16.6 Å². The summed E-state index contributed by atoms with van der Waals surface area (Å²) in [6.45, 7) is 9.54. The number of carbonyl (C=O) groups excluding carboxylic acids is 4. The Hall–Kier alpha value is -5.16. The Kier molecular flexibility index (Phi) is 9.22. The predicted octanol–water partition coefficient (Wildman–Crippen LogP) is 4.15. The van der Waals surface area contributed by atoms with E-state index >= 15 is 0 Å². The fourth-order valence-corrected chi connectivity index (χ4v) is 8.83. The molecule has 0 radical (unpaired) electrons. The van der Waals surface area contributed by atoms with Gasteiger partial charge in [-0.3, -0.25) is 39.0 Å². The van der Waals surface area contributed by atoms with Crippen molar-refractivity contribution >= 4 is 52.3 Å². The zero-order chi connectivity index (χ0) is 37.0. The number of nitrogens with one attached hydrogen (secondary N) is 1. The lowest BCUT2D eigenvalue weighted by atomic mass is 9.99. The minimum atomic E-state index is -0.647. The number of carbonyl (C=O) groups is 4. The van der Waals surface area contributed by atoms with Crippen LogP contribution in [0.25, 0.3) is 5.00 Å². The van der Waals surface area contributed by atoms with Crippen LogP contribution in [0.4, 0.5) is 0 Å². The number of fused-ring (bicyclic) bond motifs is 4. The maximum absolute atomic E-state index is 13.9. The number of hydrogen-bond acceptors (Lipinski definition) is 9. The second-order valence-corrected chi connectivity index (χ2v) is 15.5. The fourth-order valence-electron chi connectivity index (χ4n) is 7.49. The third kappa shape index (κ3) is 6.56. The summed E-state index contributed by atoms with van der Waals surface area (Å²) in [5.74, 6) is 6.98. The molecule has 2 fully saturated rings. The first-order valence-corrected chi connectivity index (χ1v) is 18.9. The van der Waals surface area contributed by atoms with Gasteiger partial charge in [-0.15, -0.1) is 21.5 Å².